The van der Waals surface area contributed by atoms with Crippen LogP contribution in [0.4, 0.5) is 0 Å². The topological polar surface area (TPSA) is 84.5 Å². The lowest BCUT2D eigenvalue weighted by atomic mass is 9.88. The quantitative estimate of drug-likeness (QED) is 0.184. The summed E-state index contributed by atoms with van der Waals surface area (Å²) < 4.78 is 32.3. The van der Waals surface area contributed by atoms with E-state index in [4.69, 9.17) is 0 Å². The Morgan fingerprint density at radius 2 is 1.44 bits per heavy atom. The van der Waals surface area contributed by atoms with Crippen LogP contribution in [0.1, 0.15) is 55.6 Å². The molecule has 6 nitrogen and oxygen atoms in total. The monoisotopic (exact) mass is 594 g/mol. The lowest BCUT2D eigenvalue weighted by Crippen LogP contribution is -2.23. The maximum Gasteiger partial charge on any atom is 0.268 e. The molecule has 2 aromatic heterocycles. The van der Waals surface area contributed by atoms with Crippen molar-refractivity contribution in [2.24, 2.45) is 0 Å². The predicted octanol–water partition coefficient (Wildman–Crippen LogP) is 6.78. The Hall–Kier alpha value is -3.91. The van der Waals surface area contributed by atoms with Crippen molar-refractivity contribution in [2.75, 3.05) is 13.2 Å². The highest BCUT2D eigenvalue weighted by Crippen LogP contribution is 2.49. The largest absolute Gasteiger partial charge is 0.396 e. The van der Waals surface area contributed by atoms with Crippen LogP contribution in [0.25, 0.3) is 27.9 Å². The molecule has 0 saturated heterocycles. The first-order chi connectivity index (χ1) is 20.7. The third kappa shape index (κ3) is 4.85. The summed E-state index contributed by atoms with van der Waals surface area (Å²) in [5.74, 6) is 0.143. The van der Waals surface area contributed by atoms with Crippen LogP contribution in [-0.4, -0.2) is 40.4 Å². The van der Waals surface area contributed by atoms with Crippen LogP contribution in [0.3, 0.4) is 0 Å². The van der Waals surface area contributed by atoms with Crippen LogP contribution < -0.4 is 0 Å². The molecule has 0 aliphatic carbocycles. The Kier molecular flexibility index (Phi) is 7.67. The summed E-state index contributed by atoms with van der Waals surface area (Å²) >= 11 is 0. The highest BCUT2D eigenvalue weighted by atomic mass is 32.2. The number of allylic oxidation sites excluding steroid dienone is 3. The van der Waals surface area contributed by atoms with Gasteiger partial charge in [-0.1, -0.05) is 72.3 Å². The fourth-order valence-corrected chi connectivity index (χ4v) is 8.57. The maximum atomic E-state index is 14.2. The summed E-state index contributed by atoms with van der Waals surface area (Å²) in [4.78, 5) is 0.212. The van der Waals surface area contributed by atoms with Gasteiger partial charge < -0.3 is 14.8 Å². The maximum absolute atomic E-state index is 14.2. The van der Waals surface area contributed by atoms with Gasteiger partial charge in [-0.25, -0.2) is 12.4 Å². The molecule has 0 unspecified atom stereocenters. The molecule has 6 rings (SSSR count). The second kappa shape index (κ2) is 11.3. The number of nitrogens with zero attached hydrogens (tertiary/aromatic N) is 2. The normalized spacial score (nSPS) is 18.6. The molecule has 3 aromatic carbocycles. The van der Waals surface area contributed by atoms with Gasteiger partial charge in [-0.15, -0.1) is 0 Å². The van der Waals surface area contributed by atoms with Gasteiger partial charge in [-0.3, -0.25) is 0 Å². The highest BCUT2D eigenvalue weighted by Gasteiger charge is 2.41. The van der Waals surface area contributed by atoms with E-state index in [1.165, 1.54) is 20.8 Å². The van der Waals surface area contributed by atoms with Crippen LogP contribution in [0.2, 0.25) is 0 Å². The summed E-state index contributed by atoms with van der Waals surface area (Å²) in [6, 6.07) is 24.3. The molecule has 0 amide bonds. The fourth-order valence-electron chi connectivity index (χ4n) is 7.01. The van der Waals surface area contributed by atoms with Gasteiger partial charge in [0.15, 0.2) is 0 Å². The number of hydrogen-bond acceptors (Lipinski definition) is 4. The van der Waals surface area contributed by atoms with Crippen LogP contribution >= 0.6 is 0 Å². The molecule has 7 heteroatoms. The molecule has 0 radical (unpaired) electrons. The molecule has 5 aromatic rings. The Labute approximate surface area is 253 Å². The van der Waals surface area contributed by atoms with Gasteiger partial charge in [-0.2, -0.15) is 0 Å². The van der Waals surface area contributed by atoms with Crippen LogP contribution in [-0.2, 0) is 28.4 Å². The van der Waals surface area contributed by atoms with Crippen molar-refractivity contribution in [3.05, 3.63) is 119 Å². The van der Waals surface area contributed by atoms with E-state index in [0.29, 0.717) is 24.1 Å². The molecule has 1 aliphatic heterocycles. The first-order valence-electron chi connectivity index (χ1n) is 14.8. The zero-order chi connectivity index (χ0) is 30.4. The second-order valence-corrected chi connectivity index (χ2v) is 13.7. The average Bonchev–Trinajstić information content (AvgIpc) is 3.60. The van der Waals surface area contributed by atoms with E-state index in [0.717, 1.165) is 28.3 Å². The first kappa shape index (κ1) is 29.2. The number of para-hydroxylation sites is 2. The lowest BCUT2D eigenvalue weighted by molar-refractivity contribution is 0.299. The van der Waals surface area contributed by atoms with E-state index in [1.807, 2.05) is 42.5 Å². The molecule has 0 bridgehead atoms. The van der Waals surface area contributed by atoms with Crippen molar-refractivity contribution >= 4 is 37.9 Å². The van der Waals surface area contributed by atoms with Crippen LogP contribution in [0.15, 0.2) is 101 Å². The molecule has 3 heterocycles. The van der Waals surface area contributed by atoms with E-state index < -0.39 is 15.6 Å². The molecule has 0 spiro atoms. The van der Waals surface area contributed by atoms with Gasteiger partial charge in [0.1, 0.15) is 0 Å². The summed E-state index contributed by atoms with van der Waals surface area (Å²) in [5.41, 5.74) is 6.17. The smallest absolute Gasteiger partial charge is 0.268 e. The summed E-state index contributed by atoms with van der Waals surface area (Å²) in [6.07, 6.45) is 8.08. The standard InChI is InChI=1S/C36H38N2O4S/c1-25(2)23-26-24-36(3,37-32-15-9-7-14-29(32)31(19-22-40)35(26)37)20-17-34-30(18-21-39)28-13-8-10-16-33(28)38(34)43(41,42)27-11-5-4-6-12-27/h4-17,20,23,26,39-40H,18-19,21-22,24H2,1-3H3/b20-17+/t26-,36-/m0/s1. The van der Waals surface area contributed by atoms with Crippen LogP contribution in [0.5, 0.6) is 0 Å². The minimum atomic E-state index is -3.94. The molecule has 0 fully saturated rings. The average molecular weight is 595 g/mol. The third-order valence-electron chi connectivity index (χ3n) is 8.63. The lowest BCUT2D eigenvalue weighted by Gasteiger charge is -2.25. The van der Waals surface area contributed by atoms with Gasteiger partial charge in [0.25, 0.3) is 10.0 Å². The van der Waals surface area contributed by atoms with Crippen LogP contribution in [0, 0.1) is 0 Å². The van der Waals surface area contributed by atoms with Crippen molar-refractivity contribution < 1.29 is 18.6 Å². The summed E-state index contributed by atoms with van der Waals surface area (Å²) in [5, 5.41) is 22.0. The Morgan fingerprint density at radius 1 is 0.860 bits per heavy atom. The first-order valence-corrected chi connectivity index (χ1v) is 16.3. The summed E-state index contributed by atoms with van der Waals surface area (Å²) in [6.45, 7) is 6.38. The predicted molar refractivity (Wildman–Crippen MR) is 174 cm³/mol. The van der Waals surface area contributed by atoms with Crippen molar-refractivity contribution in [1.29, 1.82) is 0 Å². The number of hydrogen-bond donors (Lipinski definition) is 2. The molecule has 1 aliphatic rings. The zero-order valence-electron chi connectivity index (χ0n) is 24.9. The van der Waals surface area contributed by atoms with Gasteiger partial charge in [0, 0.05) is 41.1 Å². The number of rotatable bonds is 9. The second-order valence-electron chi connectivity index (χ2n) is 11.9. The molecule has 222 valence electrons. The van der Waals surface area contributed by atoms with Crippen molar-refractivity contribution in [3.8, 4) is 0 Å². The molecule has 43 heavy (non-hydrogen) atoms. The minimum absolute atomic E-state index is 0.0665. The van der Waals surface area contributed by atoms with Crippen molar-refractivity contribution in [3.63, 3.8) is 0 Å². The number of aliphatic hydroxyl groups excluding tert-OH is 2. The number of fused-ring (bicyclic) bond motifs is 4. The SMILES string of the molecule is CC(C)=C[C@H]1C[C@](C)(/C=C/c2c(CCO)c3ccccc3n2S(=O)(=O)c2ccccc2)n2c1c(CCO)c1ccccc12. The van der Waals surface area contributed by atoms with E-state index >= 15 is 0 Å². The molecular formula is C36H38N2O4S. The Balaban J connectivity index is 1.61. The zero-order valence-corrected chi connectivity index (χ0v) is 25.7. The van der Waals surface area contributed by atoms with Gasteiger partial charge >= 0.3 is 0 Å². The summed E-state index contributed by atoms with van der Waals surface area (Å²) in [7, 11) is -3.94. The van der Waals surface area contributed by atoms with E-state index in [1.54, 1.807) is 30.3 Å². The van der Waals surface area contributed by atoms with E-state index in [-0.39, 0.29) is 24.0 Å². The van der Waals surface area contributed by atoms with Crippen molar-refractivity contribution in [1.82, 2.24) is 8.54 Å². The molecule has 0 saturated carbocycles. The van der Waals surface area contributed by atoms with Crippen molar-refractivity contribution in [2.45, 2.75) is 56.4 Å². The van der Waals surface area contributed by atoms with E-state index in [9.17, 15) is 18.6 Å². The van der Waals surface area contributed by atoms with Gasteiger partial charge in [0.05, 0.1) is 21.6 Å². The van der Waals surface area contributed by atoms with Gasteiger partial charge in [0.2, 0.25) is 0 Å². The third-order valence-corrected chi connectivity index (χ3v) is 10.4. The minimum Gasteiger partial charge on any atom is -0.396 e. The Morgan fingerprint density at radius 3 is 2.09 bits per heavy atom. The van der Waals surface area contributed by atoms with E-state index in [2.05, 4.69) is 49.6 Å². The molecule has 2 N–H and O–H groups in total. The number of benzene rings is 3. The Bertz CT molecular complexity index is 1980. The van der Waals surface area contributed by atoms with Gasteiger partial charge in [-0.05, 0) is 81.5 Å². The number of aliphatic hydroxyl groups is 2. The molecule has 2 atom stereocenters. The fraction of sp³-hybridized carbons (Fsp3) is 0.278. The highest BCUT2D eigenvalue weighted by molar-refractivity contribution is 7.90. The number of aromatic nitrogens is 2. The molecular weight excluding hydrogens is 556 g/mol.